The van der Waals surface area contributed by atoms with Crippen LogP contribution in [-0.4, -0.2) is 69.6 Å². The number of piperazine rings is 1. The van der Waals surface area contributed by atoms with Crippen molar-refractivity contribution in [3.8, 4) is 0 Å². The van der Waals surface area contributed by atoms with Crippen LogP contribution in [0.3, 0.4) is 0 Å². The van der Waals surface area contributed by atoms with Crippen LogP contribution in [0.5, 0.6) is 0 Å². The summed E-state index contributed by atoms with van der Waals surface area (Å²) in [4.78, 5) is 16.8. The summed E-state index contributed by atoms with van der Waals surface area (Å²) in [5.41, 5.74) is 1.64. The van der Waals surface area contributed by atoms with E-state index in [2.05, 4.69) is 45.1 Å². The molecule has 0 aliphatic carbocycles. The van der Waals surface area contributed by atoms with E-state index in [0.717, 1.165) is 34.7 Å². The number of hydrogen-bond acceptors (Lipinski definition) is 4. The molecule has 1 fully saturated rings. The van der Waals surface area contributed by atoms with Crippen molar-refractivity contribution in [1.29, 1.82) is 0 Å². The van der Waals surface area contributed by atoms with Gasteiger partial charge in [0.25, 0.3) is 0 Å². The maximum absolute atomic E-state index is 12.8. The van der Waals surface area contributed by atoms with Crippen LogP contribution in [0.15, 0.2) is 65.1 Å². The summed E-state index contributed by atoms with van der Waals surface area (Å²) >= 11 is 3.35. The molecular formula is C22H26BrN3O3S. The van der Waals surface area contributed by atoms with Crippen LogP contribution in [0.2, 0.25) is 0 Å². The number of benzene rings is 2. The van der Waals surface area contributed by atoms with Gasteiger partial charge in [0.2, 0.25) is 15.9 Å². The fourth-order valence-corrected chi connectivity index (χ4v) is 4.56. The minimum Gasteiger partial charge on any atom is -0.339 e. The van der Waals surface area contributed by atoms with Gasteiger partial charge < -0.3 is 4.90 Å². The molecule has 8 heteroatoms. The molecule has 160 valence electrons. The van der Waals surface area contributed by atoms with Crippen molar-refractivity contribution >= 4 is 43.6 Å². The number of amides is 1. The zero-order valence-corrected chi connectivity index (χ0v) is 19.3. The lowest BCUT2D eigenvalue weighted by Gasteiger charge is -2.35. The summed E-state index contributed by atoms with van der Waals surface area (Å²) < 4.78 is 26.5. The van der Waals surface area contributed by atoms with E-state index in [4.69, 9.17) is 0 Å². The molecule has 3 rings (SSSR count). The molecule has 1 heterocycles. The fraction of sp³-hybridized carbons (Fsp3) is 0.318. The average Bonchev–Trinajstić information content (AvgIpc) is 2.72. The summed E-state index contributed by atoms with van der Waals surface area (Å²) in [5, 5.41) is 0. The van der Waals surface area contributed by atoms with E-state index in [1.54, 1.807) is 23.1 Å². The largest absolute Gasteiger partial charge is 0.339 e. The molecule has 1 aliphatic heterocycles. The van der Waals surface area contributed by atoms with Gasteiger partial charge >= 0.3 is 0 Å². The van der Waals surface area contributed by atoms with Gasteiger partial charge in [-0.05, 0) is 23.8 Å². The smallest absolute Gasteiger partial charge is 0.243 e. The van der Waals surface area contributed by atoms with E-state index in [9.17, 15) is 13.2 Å². The predicted molar refractivity (Wildman–Crippen MR) is 125 cm³/mol. The lowest BCUT2D eigenvalue weighted by atomic mass is 10.2. The summed E-state index contributed by atoms with van der Waals surface area (Å²) in [7, 11) is -3.57. The highest BCUT2D eigenvalue weighted by Gasteiger charge is 2.26. The molecule has 30 heavy (non-hydrogen) atoms. The quantitative estimate of drug-likeness (QED) is 0.596. The fourth-order valence-electron chi connectivity index (χ4n) is 3.34. The van der Waals surface area contributed by atoms with Crippen molar-refractivity contribution in [3.05, 3.63) is 70.7 Å². The van der Waals surface area contributed by atoms with Crippen molar-refractivity contribution < 1.29 is 13.2 Å². The number of carbonyl (C=O) groups is 1. The second-order valence-electron chi connectivity index (χ2n) is 7.24. The highest BCUT2D eigenvalue weighted by Crippen LogP contribution is 2.22. The van der Waals surface area contributed by atoms with Gasteiger partial charge in [-0.2, -0.15) is 0 Å². The van der Waals surface area contributed by atoms with E-state index < -0.39 is 10.0 Å². The van der Waals surface area contributed by atoms with Crippen LogP contribution in [0.4, 0.5) is 5.69 Å². The number of anilines is 1. The van der Waals surface area contributed by atoms with Crippen molar-refractivity contribution in [2.75, 3.05) is 49.8 Å². The number of halogens is 1. The van der Waals surface area contributed by atoms with Crippen molar-refractivity contribution in [3.63, 3.8) is 0 Å². The van der Waals surface area contributed by atoms with E-state index in [-0.39, 0.29) is 12.5 Å². The van der Waals surface area contributed by atoms with Gasteiger partial charge in [-0.3, -0.25) is 14.0 Å². The predicted octanol–water partition coefficient (Wildman–Crippen LogP) is 3.07. The number of carbonyl (C=O) groups excluding carboxylic acids is 1. The molecule has 0 saturated carbocycles. The second kappa shape index (κ2) is 10.2. The molecule has 1 saturated heterocycles. The van der Waals surface area contributed by atoms with Crippen molar-refractivity contribution in [2.24, 2.45) is 0 Å². The monoisotopic (exact) mass is 491 g/mol. The summed E-state index contributed by atoms with van der Waals surface area (Å²) in [6.07, 6.45) is 5.35. The van der Waals surface area contributed by atoms with Gasteiger partial charge in [0, 0.05) is 37.2 Å². The van der Waals surface area contributed by atoms with Crippen LogP contribution in [0, 0.1) is 0 Å². The van der Waals surface area contributed by atoms with E-state index >= 15 is 0 Å². The minimum absolute atomic E-state index is 0.181. The van der Waals surface area contributed by atoms with Crippen molar-refractivity contribution in [2.45, 2.75) is 0 Å². The average molecular weight is 492 g/mol. The minimum atomic E-state index is -3.57. The van der Waals surface area contributed by atoms with E-state index in [0.29, 0.717) is 18.8 Å². The lowest BCUT2D eigenvalue weighted by Crippen LogP contribution is -2.51. The SMILES string of the molecule is CS(=O)(=O)N(CC(=O)N1CCN(CC=Cc2ccccc2)CC1)c1cccc(Br)c1. The molecule has 1 amide bonds. The molecular weight excluding hydrogens is 466 g/mol. The van der Waals surface area contributed by atoms with E-state index in [1.807, 2.05) is 24.3 Å². The second-order valence-corrected chi connectivity index (χ2v) is 10.1. The highest BCUT2D eigenvalue weighted by molar-refractivity contribution is 9.10. The Balaban J connectivity index is 1.54. The Labute approximate surface area is 187 Å². The maximum atomic E-state index is 12.8. The van der Waals surface area contributed by atoms with E-state index in [1.165, 1.54) is 5.56 Å². The summed E-state index contributed by atoms with van der Waals surface area (Å²) in [6.45, 7) is 3.34. The molecule has 0 spiro atoms. The number of hydrogen-bond donors (Lipinski definition) is 0. The Hall–Kier alpha value is -2.16. The zero-order chi connectivity index (χ0) is 21.6. The zero-order valence-electron chi connectivity index (χ0n) is 16.9. The third-order valence-electron chi connectivity index (χ3n) is 4.97. The molecule has 1 aliphatic rings. The van der Waals surface area contributed by atoms with Crippen LogP contribution >= 0.6 is 15.9 Å². The van der Waals surface area contributed by atoms with Gasteiger partial charge in [0.05, 0.1) is 11.9 Å². The van der Waals surface area contributed by atoms with Gasteiger partial charge in [0.1, 0.15) is 6.54 Å². The van der Waals surface area contributed by atoms with Crippen LogP contribution < -0.4 is 4.31 Å². The first-order valence-electron chi connectivity index (χ1n) is 9.78. The first-order chi connectivity index (χ1) is 14.3. The molecule has 6 nitrogen and oxygen atoms in total. The third kappa shape index (κ3) is 6.42. The van der Waals surface area contributed by atoms with Crippen molar-refractivity contribution in [1.82, 2.24) is 9.80 Å². The number of nitrogens with zero attached hydrogens (tertiary/aromatic N) is 3. The van der Waals surface area contributed by atoms with Crippen LogP contribution in [-0.2, 0) is 14.8 Å². The Kier molecular flexibility index (Phi) is 7.69. The lowest BCUT2D eigenvalue weighted by molar-refractivity contribution is -0.131. The Bertz CT molecular complexity index is 988. The topological polar surface area (TPSA) is 60.9 Å². The standard InChI is InChI=1S/C22H26BrN3O3S/c1-30(28,29)26(21-11-5-10-20(23)17-21)18-22(27)25-15-13-24(14-16-25)12-6-9-19-7-3-2-4-8-19/h2-11,17H,12-16,18H2,1H3. The molecule has 0 unspecified atom stereocenters. The molecule has 0 atom stereocenters. The molecule has 0 aromatic heterocycles. The Morgan fingerprint density at radius 3 is 2.40 bits per heavy atom. The summed E-state index contributed by atoms with van der Waals surface area (Å²) in [5.74, 6) is -0.181. The van der Waals surface area contributed by atoms with Gasteiger partial charge in [0.15, 0.2) is 0 Å². The first-order valence-corrected chi connectivity index (χ1v) is 12.4. The van der Waals surface area contributed by atoms with Gasteiger partial charge in [-0.15, -0.1) is 0 Å². The molecule has 2 aromatic rings. The number of sulfonamides is 1. The van der Waals surface area contributed by atoms with Gasteiger partial charge in [-0.1, -0.05) is 64.5 Å². The highest BCUT2D eigenvalue weighted by atomic mass is 79.9. The first kappa shape index (κ1) is 22.5. The molecule has 2 aromatic carbocycles. The molecule has 0 N–H and O–H groups in total. The van der Waals surface area contributed by atoms with Crippen LogP contribution in [0.1, 0.15) is 5.56 Å². The Morgan fingerprint density at radius 1 is 1.07 bits per heavy atom. The molecule has 0 bridgehead atoms. The van der Waals surface area contributed by atoms with Gasteiger partial charge in [-0.25, -0.2) is 8.42 Å². The summed E-state index contributed by atoms with van der Waals surface area (Å²) in [6, 6.07) is 17.1. The normalized spacial score (nSPS) is 15.5. The van der Waals surface area contributed by atoms with Crippen LogP contribution in [0.25, 0.3) is 6.08 Å². The third-order valence-corrected chi connectivity index (χ3v) is 6.61. The maximum Gasteiger partial charge on any atom is 0.243 e. The number of rotatable bonds is 7. The Morgan fingerprint density at radius 2 is 1.77 bits per heavy atom. The molecule has 0 radical (unpaired) electrons.